The molecule has 7 heteroatoms. The molecule has 0 radical (unpaired) electrons. The lowest BCUT2D eigenvalue weighted by Gasteiger charge is -2.36. The van der Waals surface area contributed by atoms with E-state index in [-0.39, 0.29) is 17.2 Å². The van der Waals surface area contributed by atoms with E-state index in [9.17, 15) is 10.2 Å². The molecule has 0 aliphatic carbocycles. The summed E-state index contributed by atoms with van der Waals surface area (Å²) in [7, 11) is 1.45. The number of phenolic OH excluding ortho intramolecular Hbond substituents is 2. The van der Waals surface area contributed by atoms with Gasteiger partial charge in [-0.25, -0.2) is 4.98 Å². The van der Waals surface area contributed by atoms with Gasteiger partial charge in [-0.05, 0) is 43.3 Å². The van der Waals surface area contributed by atoms with Crippen LogP contribution in [-0.4, -0.2) is 64.9 Å². The van der Waals surface area contributed by atoms with Crippen LogP contribution in [0.15, 0.2) is 30.3 Å². The smallest absolute Gasteiger partial charge is 0.200 e. The summed E-state index contributed by atoms with van der Waals surface area (Å²) in [4.78, 5) is 12.9. The fraction of sp³-hybridized carbons (Fsp3) is 0.409. The van der Waals surface area contributed by atoms with E-state index in [0.717, 1.165) is 37.2 Å². The van der Waals surface area contributed by atoms with Gasteiger partial charge < -0.3 is 24.8 Å². The third-order valence-corrected chi connectivity index (χ3v) is 5.58. The molecule has 1 aliphatic rings. The molecular weight excluding hydrogens is 368 g/mol. The Balaban J connectivity index is 1.55. The number of nitrogens with zero attached hydrogens (tertiary/aromatic N) is 3. The van der Waals surface area contributed by atoms with Crippen molar-refractivity contribution in [2.75, 3.05) is 44.7 Å². The van der Waals surface area contributed by atoms with Crippen LogP contribution in [0.3, 0.4) is 0 Å². The minimum atomic E-state index is -0.271. The lowest BCUT2D eigenvalue weighted by molar-refractivity contribution is 0.254. The molecule has 0 spiro atoms. The number of aromatic amines is 1. The summed E-state index contributed by atoms with van der Waals surface area (Å²) in [6.07, 6.45) is 2.50. The summed E-state index contributed by atoms with van der Waals surface area (Å²) < 4.78 is 5.13. The first kappa shape index (κ1) is 19.4. The Morgan fingerprint density at radius 3 is 2.62 bits per heavy atom. The Labute approximate surface area is 170 Å². The number of imidazole rings is 1. The van der Waals surface area contributed by atoms with Crippen LogP contribution in [0.4, 0.5) is 5.69 Å². The molecule has 2 heterocycles. The average molecular weight is 396 g/mol. The number of hydrogen-bond acceptors (Lipinski definition) is 6. The molecule has 0 bridgehead atoms. The topological polar surface area (TPSA) is 84.8 Å². The first-order valence-electron chi connectivity index (χ1n) is 10.2. The highest BCUT2D eigenvalue weighted by atomic mass is 16.5. The summed E-state index contributed by atoms with van der Waals surface area (Å²) >= 11 is 0. The van der Waals surface area contributed by atoms with Gasteiger partial charge in [-0.15, -0.1) is 0 Å². The van der Waals surface area contributed by atoms with Crippen molar-refractivity contribution < 1.29 is 14.9 Å². The molecule has 1 fully saturated rings. The standard InChI is InChI=1S/C22H28N4O3/c1-3-4-7-25-8-10-26(11-9-25)16-5-6-17-18(14-16)24-22(23-17)15-12-19(27)21(28)20(13-15)29-2/h5-6,12-14,27-28H,3-4,7-11H2,1-2H3,(H,23,24). The average Bonchev–Trinajstić information content (AvgIpc) is 3.18. The van der Waals surface area contributed by atoms with Crippen molar-refractivity contribution in [3.05, 3.63) is 30.3 Å². The number of unbranched alkanes of at least 4 members (excludes halogenated alkanes) is 1. The number of nitrogens with one attached hydrogen (secondary N) is 1. The SMILES string of the molecule is CCCCN1CCN(c2ccc3nc(-c4cc(O)c(O)c(OC)c4)[nH]c3c2)CC1. The molecule has 0 amide bonds. The van der Waals surface area contributed by atoms with Gasteiger partial charge in [0.2, 0.25) is 5.75 Å². The molecule has 3 aromatic rings. The molecule has 2 aromatic carbocycles. The second-order valence-electron chi connectivity index (χ2n) is 7.52. The van der Waals surface area contributed by atoms with Gasteiger partial charge >= 0.3 is 0 Å². The predicted octanol–water partition coefficient (Wildman–Crippen LogP) is 3.57. The van der Waals surface area contributed by atoms with Crippen LogP contribution in [-0.2, 0) is 0 Å². The lowest BCUT2D eigenvalue weighted by atomic mass is 10.1. The summed E-state index contributed by atoms with van der Waals surface area (Å²) in [6, 6.07) is 9.40. The number of methoxy groups -OCH3 is 1. The van der Waals surface area contributed by atoms with Crippen molar-refractivity contribution in [3.8, 4) is 28.6 Å². The van der Waals surface area contributed by atoms with Crippen molar-refractivity contribution in [1.82, 2.24) is 14.9 Å². The lowest BCUT2D eigenvalue weighted by Crippen LogP contribution is -2.46. The maximum absolute atomic E-state index is 9.96. The van der Waals surface area contributed by atoms with E-state index >= 15 is 0 Å². The molecule has 7 nitrogen and oxygen atoms in total. The fourth-order valence-electron chi connectivity index (χ4n) is 3.83. The Morgan fingerprint density at radius 2 is 1.90 bits per heavy atom. The van der Waals surface area contributed by atoms with Crippen LogP contribution in [0.2, 0.25) is 0 Å². The number of fused-ring (bicyclic) bond motifs is 1. The zero-order valence-corrected chi connectivity index (χ0v) is 17.0. The fourth-order valence-corrected chi connectivity index (χ4v) is 3.83. The van der Waals surface area contributed by atoms with Gasteiger partial charge in [0.15, 0.2) is 11.5 Å². The van der Waals surface area contributed by atoms with Crippen LogP contribution < -0.4 is 9.64 Å². The molecular formula is C22H28N4O3. The van der Waals surface area contributed by atoms with Crippen molar-refractivity contribution in [1.29, 1.82) is 0 Å². The van der Waals surface area contributed by atoms with E-state index in [0.29, 0.717) is 11.4 Å². The van der Waals surface area contributed by atoms with Crippen LogP contribution in [0.1, 0.15) is 19.8 Å². The molecule has 0 saturated carbocycles. The minimum absolute atomic E-state index is 0.210. The van der Waals surface area contributed by atoms with Gasteiger partial charge in [-0.2, -0.15) is 0 Å². The third-order valence-electron chi connectivity index (χ3n) is 5.58. The number of piperazine rings is 1. The Hall–Kier alpha value is -2.93. The number of aromatic nitrogens is 2. The Morgan fingerprint density at radius 1 is 1.10 bits per heavy atom. The summed E-state index contributed by atoms with van der Waals surface area (Å²) in [5.41, 5.74) is 3.64. The van der Waals surface area contributed by atoms with Crippen LogP contribution in [0.5, 0.6) is 17.2 Å². The van der Waals surface area contributed by atoms with Gasteiger partial charge in [0.05, 0.1) is 18.1 Å². The van der Waals surface area contributed by atoms with E-state index in [2.05, 4.69) is 38.8 Å². The van der Waals surface area contributed by atoms with Crippen molar-refractivity contribution in [3.63, 3.8) is 0 Å². The van der Waals surface area contributed by atoms with Crippen molar-refractivity contribution in [2.45, 2.75) is 19.8 Å². The zero-order valence-electron chi connectivity index (χ0n) is 17.0. The van der Waals surface area contributed by atoms with Crippen molar-refractivity contribution >= 4 is 16.7 Å². The Kier molecular flexibility index (Phi) is 5.49. The molecule has 1 saturated heterocycles. The van der Waals surface area contributed by atoms with Gasteiger partial charge in [-0.1, -0.05) is 13.3 Å². The molecule has 29 heavy (non-hydrogen) atoms. The van der Waals surface area contributed by atoms with E-state index < -0.39 is 0 Å². The van der Waals surface area contributed by atoms with Gasteiger partial charge in [0.1, 0.15) is 5.82 Å². The monoisotopic (exact) mass is 396 g/mol. The van der Waals surface area contributed by atoms with Crippen molar-refractivity contribution in [2.24, 2.45) is 0 Å². The first-order chi connectivity index (χ1) is 14.1. The first-order valence-corrected chi connectivity index (χ1v) is 10.2. The maximum Gasteiger partial charge on any atom is 0.200 e. The number of aromatic hydroxyl groups is 2. The van der Waals surface area contributed by atoms with Crippen LogP contribution in [0, 0.1) is 0 Å². The second-order valence-corrected chi connectivity index (χ2v) is 7.52. The highest BCUT2D eigenvalue weighted by Crippen LogP contribution is 2.39. The number of benzene rings is 2. The number of anilines is 1. The summed E-state index contributed by atoms with van der Waals surface area (Å²) in [5, 5.41) is 19.8. The molecule has 3 N–H and O–H groups in total. The largest absolute Gasteiger partial charge is 0.504 e. The summed E-state index contributed by atoms with van der Waals surface area (Å²) in [5.74, 6) is 0.325. The number of hydrogen-bond donors (Lipinski definition) is 3. The van der Waals surface area contributed by atoms with E-state index in [1.54, 1.807) is 6.07 Å². The number of rotatable bonds is 6. The van der Waals surface area contributed by atoms with Crippen LogP contribution >= 0.6 is 0 Å². The normalized spacial score (nSPS) is 15.2. The molecule has 1 aromatic heterocycles. The molecule has 0 unspecified atom stereocenters. The molecule has 154 valence electrons. The Bertz CT molecular complexity index is 993. The van der Waals surface area contributed by atoms with Gasteiger partial charge in [0, 0.05) is 37.4 Å². The maximum atomic E-state index is 9.96. The quantitative estimate of drug-likeness (QED) is 0.553. The summed E-state index contributed by atoms with van der Waals surface area (Å²) in [6.45, 7) is 7.67. The van der Waals surface area contributed by atoms with Gasteiger partial charge in [-0.3, -0.25) is 4.90 Å². The highest BCUT2D eigenvalue weighted by molar-refractivity contribution is 5.83. The molecule has 1 aliphatic heterocycles. The predicted molar refractivity (Wildman–Crippen MR) is 115 cm³/mol. The van der Waals surface area contributed by atoms with Crippen LogP contribution in [0.25, 0.3) is 22.4 Å². The van der Waals surface area contributed by atoms with E-state index in [1.165, 1.54) is 38.2 Å². The molecule has 0 atom stereocenters. The number of phenols is 2. The molecule has 4 rings (SSSR count). The zero-order chi connectivity index (χ0) is 20.4. The number of H-pyrrole nitrogens is 1. The highest BCUT2D eigenvalue weighted by Gasteiger charge is 2.18. The minimum Gasteiger partial charge on any atom is -0.504 e. The van der Waals surface area contributed by atoms with Gasteiger partial charge in [0.25, 0.3) is 0 Å². The van der Waals surface area contributed by atoms with E-state index in [1.807, 2.05) is 6.07 Å². The number of ether oxygens (including phenoxy) is 1. The third kappa shape index (κ3) is 3.96. The van der Waals surface area contributed by atoms with E-state index in [4.69, 9.17) is 4.74 Å². The second kappa shape index (κ2) is 8.21.